The van der Waals surface area contributed by atoms with Crippen LogP contribution in [0.5, 0.6) is 17.2 Å². The first-order valence-corrected chi connectivity index (χ1v) is 13.6. The molecule has 26 heavy (non-hydrogen) atoms. The summed E-state index contributed by atoms with van der Waals surface area (Å²) < 4.78 is 22.5. The van der Waals surface area contributed by atoms with E-state index in [-0.39, 0.29) is 30.3 Å². The first-order valence-electron chi connectivity index (χ1n) is 8.42. The number of carbonyl (C=O) groups excluding carboxylic acids is 1. The quantitative estimate of drug-likeness (QED) is 0.343. The minimum atomic E-state index is -1.72. The summed E-state index contributed by atoms with van der Waals surface area (Å²) in [6, 6.07) is 3.94. The molecule has 5 nitrogen and oxygen atoms in total. The lowest BCUT2D eigenvalue weighted by Gasteiger charge is -2.53. The average molecular weight is 504 g/mol. The van der Waals surface area contributed by atoms with Gasteiger partial charge in [-0.2, -0.15) is 0 Å². The van der Waals surface area contributed by atoms with Crippen LogP contribution in [-0.4, -0.2) is 38.4 Å². The van der Waals surface area contributed by atoms with Crippen molar-refractivity contribution in [1.82, 2.24) is 0 Å². The summed E-state index contributed by atoms with van der Waals surface area (Å²) in [7, 11) is -0.108. The third kappa shape index (κ3) is 2.56. The van der Waals surface area contributed by atoms with Gasteiger partial charge < -0.3 is 18.9 Å². The van der Waals surface area contributed by atoms with E-state index in [1.807, 2.05) is 18.2 Å². The summed E-state index contributed by atoms with van der Waals surface area (Å²) in [6.45, 7) is 7.09. The van der Waals surface area contributed by atoms with Crippen molar-refractivity contribution in [2.24, 2.45) is 0 Å². The minimum Gasteiger partial charge on any atom is -0.493 e. The molecule has 0 radical (unpaired) electrons. The molecule has 4 atom stereocenters. The Bertz CT molecular complexity index is 819. The van der Waals surface area contributed by atoms with Gasteiger partial charge in [-0.1, -0.05) is 51.5 Å². The molecule has 1 aromatic rings. The predicted molar refractivity (Wildman–Crippen MR) is 108 cm³/mol. The largest absolute Gasteiger partial charge is 0.493 e. The van der Waals surface area contributed by atoms with Crippen LogP contribution in [0.25, 0.3) is 0 Å². The van der Waals surface area contributed by atoms with Gasteiger partial charge in [-0.15, -0.1) is 0 Å². The Morgan fingerprint density at radius 2 is 2.00 bits per heavy atom. The third-order valence-corrected chi connectivity index (χ3v) is 9.71. The number of rotatable bonds is 3. The van der Waals surface area contributed by atoms with E-state index in [0.717, 1.165) is 10.0 Å². The molecule has 0 unspecified atom stereocenters. The summed E-state index contributed by atoms with van der Waals surface area (Å²) in [5.41, 5.74) is 1.19. The topological polar surface area (TPSA) is 54.0 Å². The molecule has 4 aliphatic rings. The zero-order chi connectivity index (χ0) is 18.9. The average Bonchev–Trinajstić information content (AvgIpc) is 3.02. The molecule has 8 heteroatoms. The standard InChI is InChI=1S/C18H20Br2O5Si/c1-22-11-5-9(6-12-15(11)24-8-23-12)13-16(26(2,3)4)14-10(19)7-18(13,20)17(21)25-14/h5-7,13-14,16H,8H2,1-4H3/t13-,14+,16-,18+/m0/s1. The zero-order valence-corrected chi connectivity index (χ0v) is 19.1. The molecule has 140 valence electrons. The highest BCUT2D eigenvalue weighted by Gasteiger charge is 2.62. The molecule has 0 saturated carbocycles. The molecule has 1 aromatic carbocycles. The first kappa shape index (κ1) is 18.4. The van der Waals surface area contributed by atoms with Crippen molar-refractivity contribution in [3.05, 3.63) is 28.3 Å². The van der Waals surface area contributed by atoms with E-state index in [0.29, 0.717) is 17.2 Å². The van der Waals surface area contributed by atoms with Crippen molar-refractivity contribution in [2.75, 3.05) is 13.9 Å². The van der Waals surface area contributed by atoms with E-state index >= 15 is 0 Å². The van der Waals surface area contributed by atoms with Crippen LogP contribution in [0, 0.1) is 0 Å². The maximum atomic E-state index is 12.8. The van der Waals surface area contributed by atoms with Crippen molar-refractivity contribution >= 4 is 45.9 Å². The number of alkyl halides is 1. The fourth-order valence-corrected chi connectivity index (χ4v) is 9.27. The lowest BCUT2D eigenvalue weighted by molar-refractivity contribution is -0.155. The van der Waals surface area contributed by atoms with Crippen LogP contribution in [0.15, 0.2) is 22.7 Å². The van der Waals surface area contributed by atoms with E-state index < -0.39 is 12.4 Å². The van der Waals surface area contributed by atoms with Gasteiger partial charge >= 0.3 is 5.97 Å². The second-order valence-electron chi connectivity index (χ2n) is 7.95. The molecule has 0 spiro atoms. The highest BCUT2D eigenvalue weighted by Crippen LogP contribution is 2.61. The van der Waals surface area contributed by atoms with Crippen molar-refractivity contribution in [3.8, 4) is 17.2 Å². The summed E-state index contributed by atoms with van der Waals surface area (Å²) >= 11 is 7.36. The number of ether oxygens (including phenoxy) is 4. The molecule has 0 aromatic heterocycles. The molecule has 0 amide bonds. The predicted octanol–water partition coefficient (Wildman–Crippen LogP) is 4.57. The molecule has 2 bridgehead atoms. The number of carbonyl (C=O) groups is 1. The Balaban J connectivity index is 1.92. The molecule has 5 rings (SSSR count). The van der Waals surface area contributed by atoms with Gasteiger partial charge in [-0.3, -0.25) is 4.79 Å². The number of hydrogen-bond donors (Lipinski definition) is 0. The number of fused-ring (bicyclic) bond motifs is 3. The van der Waals surface area contributed by atoms with Gasteiger partial charge in [0, 0.05) is 15.9 Å². The lowest BCUT2D eigenvalue weighted by atomic mass is 9.75. The molecule has 1 aliphatic carbocycles. The van der Waals surface area contributed by atoms with Crippen molar-refractivity contribution in [3.63, 3.8) is 0 Å². The van der Waals surface area contributed by atoms with Crippen LogP contribution < -0.4 is 14.2 Å². The highest BCUT2D eigenvalue weighted by atomic mass is 79.9. The monoisotopic (exact) mass is 502 g/mol. The van der Waals surface area contributed by atoms with Gasteiger partial charge in [0.15, 0.2) is 11.5 Å². The Kier molecular flexibility index (Phi) is 4.24. The van der Waals surface area contributed by atoms with Gasteiger partial charge in [0.1, 0.15) is 10.4 Å². The minimum absolute atomic E-state index is 0.0786. The number of benzene rings is 1. The molecule has 3 heterocycles. The van der Waals surface area contributed by atoms with Crippen LogP contribution in [0.1, 0.15) is 11.5 Å². The number of methoxy groups -OCH3 is 1. The van der Waals surface area contributed by atoms with Crippen LogP contribution in [0.4, 0.5) is 0 Å². The van der Waals surface area contributed by atoms with E-state index in [9.17, 15) is 4.79 Å². The normalized spacial score (nSPS) is 32.3. The second kappa shape index (κ2) is 6.00. The third-order valence-electron chi connectivity index (χ3n) is 5.34. The fourth-order valence-electron chi connectivity index (χ4n) is 4.23. The maximum absolute atomic E-state index is 12.8. The molecule has 1 saturated heterocycles. The maximum Gasteiger partial charge on any atom is 0.328 e. The molecule has 1 fully saturated rings. The van der Waals surface area contributed by atoms with E-state index in [1.165, 1.54) is 0 Å². The van der Waals surface area contributed by atoms with Crippen LogP contribution in [0.2, 0.25) is 25.2 Å². The lowest BCUT2D eigenvalue weighted by Crippen LogP contribution is -2.59. The van der Waals surface area contributed by atoms with Crippen molar-refractivity contribution < 1.29 is 23.7 Å². The summed E-state index contributed by atoms with van der Waals surface area (Å²) in [5.74, 6) is 1.57. The second-order valence-corrected chi connectivity index (χ2v) is 15.6. The smallest absolute Gasteiger partial charge is 0.328 e. The van der Waals surface area contributed by atoms with Crippen molar-refractivity contribution in [1.29, 1.82) is 0 Å². The number of halogens is 2. The van der Waals surface area contributed by atoms with Crippen molar-refractivity contribution in [2.45, 2.75) is 41.5 Å². The molecule has 3 aliphatic heterocycles. The van der Waals surface area contributed by atoms with Gasteiger partial charge in [-0.05, 0) is 23.8 Å². The van der Waals surface area contributed by atoms with E-state index in [4.69, 9.17) is 18.9 Å². The zero-order valence-electron chi connectivity index (χ0n) is 15.0. The van der Waals surface area contributed by atoms with Gasteiger partial charge in [0.05, 0.1) is 15.2 Å². The summed E-state index contributed by atoms with van der Waals surface area (Å²) in [4.78, 5) is 12.8. The number of esters is 1. The van der Waals surface area contributed by atoms with E-state index in [2.05, 4.69) is 51.5 Å². The van der Waals surface area contributed by atoms with Gasteiger partial charge in [0.2, 0.25) is 12.5 Å². The number of hydrogen-bond acceptors (Lipinski definition) is 5. The molecular weight excluding hydrogens is 484 g/mol. The van der Waals surface area contributed by atoms with Crippen LogP contribution in [0.3, 0.4) is 0 Å². The molecule has 0 N–H and O–H groups in total. The van der Waals surface area contributed by atoms with Crippen LogP contribution in [-0.2, 0) is 9.53 Å². The molecular formula is C18H20Br2O5Si. The van der Waals surface area contributed by atoms with E-state index in [1.54, 1.807) is 7.11 Å². The summed E-state index contributed by atoms with van der Waals surface area (Å²) in [5, 5.41) is 0. The van der Waals surface area contributed by atoms with Gasteiger partial charge in [0.25, 0.3) is 0 Å². The van der Waals surface area contributed by atoms with Gasteiger partial charge in [-0.25, -0.2) is 0 Å². The van der Waals surface area contributed by atoms with Crippen LogP contribution >= 0.6 is 31.9 Å². The Labute approximate surface area is 170 Å². The Morgan fingerprint density at radius 3 is 2.65 bits per heavy atom. The fraction of sp³-hybridized carbons (Fsp3) is 0.500. The Morgan fingerprint density at radius 1 is 1.27 bits per heavy atom. The summed E-state index contributed by atoms with van der Waals surface area (Å²) in [6.07, 6.45) is 1.69. The first-order chi connectivity index (χ1) is 12.2. The highest BCUT2D eigenvalue weighted by molar-refractivity contribution is 9.12. The Hall–Kier alpha value is -0.993. The SMILES string of the molecule is COc1cc([C@H]2[C@H]([Si](C)(C)C)[C@@H]3OC(=O)[C@@]2(Br)C=C3Br)cc2c1OCO2.